The molecule has 1 aromatic heterocycles. The Morgan fingerprint density at radius 1 is 1.11 bits per heavy atom. The van der Waals surface area contributed by atoms with Gasteiger partial charge in [0.15, 0.2) is 0 Å². The molecule has 36 heavy (non-hydrogen) atoms. The number of carbonyl (C=O) groups is 3. The lowest BCUT2D eigenvalue weighted by Crippen LogP contribution is -2.48. The number of ether oxygens (including phenoxy) is 1. The van der Waals surface area contributed by atoms with Gasteiger partial charge in [0.25, 0.3) is 0 Å². The predicted octanol–water partition coefficient (Wildman–Crippen LogP) is 3.57. The molecular formula is C27H37N5O4. The van der Waals surface area contributed by atoms with Crippen LogP contribution in [0.4, 0.5) is 10.5 Å². The van der Waals surface area contributed by atoms with Gasteiger partial charge in [-0.2, -0.15) is 5.10 Å². The van der Waals surface area contributed by atoms with Crippen LogP contribution in [0.1, 0.15) is 64.5 Å². The second-order valence-electron chi connectivity index (χ2n) is 11.6. The van der Waals surface area contributed by atoms with Crippen molar-refractivity contribution < 1.29 is 19.1 Å². The van der Waals surface area contributed by atoms with Crippen LogP contribution >= 0.6 is 0 Å². The van der Waals surface area contributed by atoms with Crippen LogP contribution in [-0.4, -0.2) is 64.4 Å². The van der Waals surface area contributed by atoms with Gasteiger partial charge in [0.1, 0.15) is 5.60 Å². The summed E-state index contributed by atoms with van der Waals surface area (Å²) < 4.78 is 7.40. The minimum Gasteiger partial charge on any atom is -0.444 e. The molecule has 0 spiro atoms. The first-order chi connectivity index (χ1) is 17.1. The molecule has 9 nitrogen and oxygen atoms in total. The number of carbonyl (C=O) groups excluding carboxylic acids is 3. The summed E-state index contributed by atoms with van der Waals surface area (Å²) in [7, 11) is 1.93. The Bertz CT molecular complexity index is 1170. The SMILES string of the molecule is Cn1nc(C2CCC(=O)NC2=O)c2cccc(N3CC(CC4CCN(C(=O)OC(C)(C)C)CC4)C3)c21. The number of aryl methyl sites for hydroxylation is 1. The zero-order valence-electron chi connectivity index (χ0n) is 21.7. The third-order valence-electron chi connectivity index (χ3n) is 7.67. The normalized spacial score (nSPS) is 22.1. The van der Waals surface area contributed by atoms with Crippen molar-refractivity contribution in [1.29, 1.82) is 0 Å². The molecule has 1 aromatic carbocycles. The minimum absolute atomic E-state index is 0.197. The Balaban J connectivity index is 1.19. The van der Waals surface area contributed by atoms with E-state index < -0.39 is 11.5 Å². The Hall–Kier alpha value is -3.10. The molecule has 9 heteroatoms. The largest absolute Gasteiger partial charge is 0.444 e. The number of imide groups is 1. The van der Waals surface area contributed by atoms with Crippen molar-refractivity contribution in [3.63, 3.8) is 0 Å². The lowest BCUT2D eigenvalue weighted by atomic mass is 9.83. The molecule has 194 valence electrons. The highest BCUT2D eigenvalue weighted by molar-refractivity contribution is 6.03. The maximum absolute atomic E-state index is 12.5. The molecule has 3 aliphatic rings. The van der Waals surface area contributed by atoms with Crippen LogP contribution in [0.5, 0.6) is 0 Å². The molecule has 0 aliphatic carbocycles. The summed E-state index contributed by atoms with van der Waals surface area (Å²) in [5, 5.41) is 8.17. The number of para-hydroxylation sites is 1. The molecule has 1 atom stereocenters. The number of rotatable bonds is 4. The first-order valence-electron chi connectivity index (χ1n) is 13.1. The maximum atomic E-state index is 12.5. The van der Waals surface area contributed by atoms with E-state index in [1.807, 2.05) is 49.5 Å². The second-order valence-corrected chi connectivity index (χ2v) is 11.6. The van der Waals surface area contributed by atoms with Crippen LogP contribution in [0.25, 0.3) is 10.9 Å². The van der Waals surface area contributed by atoms with Crippen molar-refractivity contribution in [3.8, 4) is 0 Å². The van der Waals surface area contributed by atoms with Crippen LogP contribution in [0, 0.1) is 11.8 Å². The first-order valence-corrected chi connectivity index (χ1v) is 13.1. The van der Waals surface area contributed by atoms with E-state index in [0.29, 0.717) is 24.7 Å². The molecule has 3 fully saturated rings. The van der Waals surface area contributed by atoms with Gasteiger partial charge in [0.2, 0.25) is 11.8 Å². The van der Waals surface area contributed by atoms with E-state index in [1.165, 1.54) is 6.42 Å². The highest BCUT2D eigenvalue weighted by atomic mass is 16.6. The number of amides is 3. The highest BCUT2D eigenvalue weighted by Gasteiger charge is 2.35. The van der Waals surface area contributed by atoms with Gasteiger partial charge in [0, 0.05) is 45.0 Å². The predicted molar refractivity (Wildman–Crippen MR) is 137 cm³/mol. The van der Waals surface area contributed by atoms with Crippen LogP contribution < -0.4 is 10.2 Å². The van der Waals surface area contributed by atoms with Gasteiger partial charge in [-0.15, -0.1) is 0 Å². The van der Waals surface area contributed by atoms with Gasteiger partial charge in [-0.1, -0.05) is 12.1 Å². The fourth-order valence-electron chi connectivity index (χ4n) is 5.88. The van der Waals surface area contributed by atoms with Crippen molar-refractivity contribution in [2.45, 2.75) is 64.4 Å². The van der Waals surface area contributed by atoms with Crippen LogP contribution in [-0.2, 0) is 21.4 Å². The van der Waals surface area contributed by atoms with Gasteiger partial charge < -0.3 is 14.5 Å². The minimum atomic E-state index is -0.456. The quantitative estimate of drug-likeness (QED) is 0.652. The topological polar surface area (TPSA) is 96.8 Å². The summed E-state index contributed by atoms with van der Waals surface area (Å²) in [4.78, 5) is 40.6. The molecule has 3 saturated heterocycles. The molecule has 1 unspecified atom stereocenters. The van der Waals surface area contributed by atoms with Crippen LogP contribution in [0.3, 0.4) is 0 Å². The third kappa shape index (κ3) is 4.92. The van der Waals surface area contributed by atoms with E-state index in [4.69, 9.17) is 9.84 Å². The number of nitrogens with zero attached hydrogens (tertiary/aromatic N) is 4. The average Bonchev–Trinajstić information content (AvgIpc) is 3.12. The molecule has 1 N–H and O–H groups in total. The summed E-state index contributed by atoms with van der Waals surface area (Å²) in [6, 6.07) is 6.20. The van der Waals surface area contributed by atoms with E-state index in [0.717, 1.165) is 61.3 Å². The number of hydrogen-bond donors (Lipinski definition) is 1. The zero-order valence-corrected chi connectivity index (χ0v) is 21.7. The number of piperidine rings is 2. The van der Waals surface area contributed by atoms with Crippen molar-refractivity contribution in [2.75, 3.05) is 31.1 Å². The Labute approximate surface area is 212 Å². The monoisotopic (exact) mass is 495 g/mol. The lowest BCUT2D eigenvalue weighted by Gasteiger charge is -2.44. The standard InChI is InChI=1S/C27H37N5O4/c1-27(2,3)36-26(35)31-12-10-17(11-13-31)14-18-15-32(16-18)21-7-5-6-19-23(29-30(4)24(19)21)20-8-9-22(33)28-25(20)34/h5-7,17-18,20H,8-16H2,1-4H3,(H,28,33,34). The number of nitrogens with one attached hydrogen (secondary N) is 1. The van der Waals surface area contributed by atoms with Crippen LogP contribution in [0.2, 0.25) is 0 Å². The molecule has 5 rings (SSSR count). The highest BCUT2D eigenvalue weighted by Crippen LogP contribution is 2.38. The van der Waals surface area contributed by atoms with Gasteiger partial charge >= 0.3 is 6.09 Å². The van der Waals surface area contributed by atoms with E-state index >= 15 is 0 Å². The molecule has 0 bridgehead atoms. The summed E-state index contributed by atoms with van der Waals surface area (Å²) in [5.74, 6) is 0.429. The smallest absolute Gasteiger partial charge is 0.410 e. The number of aromatic nitrogens is 2. The summed E-state index contributed by atoms with van der Waals surface area (Å²) in [5.41, 5.74) is 2.49. The number of likely N-dealkylation sites (tertiary alicyclic amines) is 1. The Kier molecular flexibility index (Phi) is 6.43. The number of hydrogen-bond acceptors (Lipinski definition) is 6. The Morgan fingerprint density at radius 2 is 1.83 bits per heavy atom. The van der Waals surface area contributed by atoms with Crippen molar-refractivity contribution >= 4 is 34.5 Å². The van der Waals surface area contributed by atoms with Gasteiger partial charge in [-0.3, -0.25) is 19.6 Å². The van der Waals surface area contributed by atoms with E-state index in [2.05, 4.69) is 16.3 Å². The van der Waals surface area contributed by atoms with Crippen molar-refractivity contribution in [1.82, 2.24) is 20.0 Å². The fraction of sp³-hybridized carbons (Fsp3) is 0.630. The molecule has 3 amide bonds. The second kappa shape index (κ2) is 9.41. The van der Waals surface area contributed by atoms with Gasteiger partial charge in [0.05, 0.1) is 22.8 Å². The fourth-order valence-corrected chi connectivity index (χ4v) is 5.88. The molecule has 4 heterocycles. The maximum Gasteiger partial charge on any atom is 0.410 e. The molecule has 0 radical (unpaired) electrons. The zero-order chi connectivity index (χ0) is 25.6. The molecule has 3 aliphatic heterocycles. The number of benzene rings is 1. The summed E-state index contributed by atoms with van der Waals surface area (Å²) in [6.45, 7) is 9.26. The lowest BCUT2D eigenvalue weighted by molar-refractivity contribution is -0.134. The van der Waals surface area contributed by atoms with Crippen molar-refractivity contribution in [2.24, 2.45) is 18.9 Å². The Morgan fingerprint density at radius 3 is 2.50 bits per heavy atom. The number of fused-ring (bicyclic) bond motifs is 1. The summed E-state index contributed by atoms with van der Waals surface area (Å²) in [6.07, 6.45) is 3.89. The van der Waals surface area contributed by atoms with Gasteiger partial charge in [-0.25, -0.2) is 4.79 Å². The van der Waals surface area contributed by atoms with E-state index in [1.54, 1.807) is 0 Å². The molecular weight excluding hydrogens is 458 g/mol. The van der Waals surface area contributed by atoms with Crippen LogP contribution in [0.15, 0.2) is 18.2 Å². The van der Waals surface area contributed by atoms with E-state index in [-0.39, 0.29) is 17.9 Å². The average molecular weight is 496 g/mol. The third-order valence-corrected chi connectivity index (χ3v) is 7.67. The molecule has 2 aromatic rings. The summed E-state index contributed by atoms with van der Waals surface area (Å²) >= 11 is 0. The molecule has 0 saturated carbocycles. The van der Waals surface area contributed by atoms with Gasteiger partial charge in [-0.05, 0) is 64.4 Å². The van der Waals surface area contributed by atoms with Crippen molar-refractivity contribution in [3.05, 3.63) is 23.9 Å². The van der Waals surface area contributed by atoms with E-state index in [9.17, 15) is 14.4 Å². The number of anilines is 1. The first kappa shape index (κ1) is 24.6.